The highest BCUT2D eigenvalue weighted by Crippen LogP contribution is 2.36. The number of fused-ring (bicyclic) bond motifs is 1. The third-order valence-electron chi connectivity index (χ3n) is 4.42. The van der Waals surface area contributed by atoms with Gasteiger partial charge in [-0.25, -0.2) is 4.98 Å². The van der Waals surface area contributed by atoms with Crippen LogP contribution in [0.1, 0.15) is 0 Å². The molecule has 1 saturated heterocycles. The van der Waals surface area contributed by atoms with Gasteiger partial charge in [-0.1, -0.05) is 17.4 Å². The summed E-state index contributed by atoms with van der Waals surface area (Å²) in [6, 6.07) is 13.5. The molecule has 1 aromatic heterocycles. The fraction of sp³-hybridized carbons (Fsp3) is 0.300. The van der Waals surface area contributed by atoms with Gasteiger partial charge in [0.1, 0.15) is 23.1 Å². The molecule has 8 heteroatoms. The Hall–Kier alpha value is -2.45. The van der Waals surface area contributed by atoms with Crippen molar-refractivity contribution in [2.75, 3.05) is 38.0 Å². The van der Waals surface area contributed by atoms with Crippen LogP contribution in [0.3, 0.4) is 0 Å². The Kier molecular flexibility index (Phi) is 5.59. The fourth-order valence-corrected chi connectivity index (χ4v) is 4.60. The highest BCUT2D eigenvalue weighted by Gasteiger charge is 2.32. The van der Waals surface area contributed by atoms with Gasteiger partial charge >= 0.3 is 5.97 Å². The van der Waals surface area contributed by atoms with Crippen molar-refractivity contribution in [1.82, 2.24) is 4.98 Å². The highest BCUT2D eigenvalue weighted by atomic mass is 32.2. The zero-order valence-corrected chi connectivity index (χ0v) is 17.2. The first-order chi connectivity index (χ1) is 13.7. The molecule has 0 aliphatic carbocycles. The van der Waals surface area contributed by atoms with E-state index < -0.39 is 0 Å². The Morgan fingerprint density at radius 3 is 2.68 bits per heavy atom. The molecule has 146 valence electrons. The highest BCUT2D eigenvalue weighted by molar-refractivity contribution is 8.00. The number of hydrogen-bond acceptors (Lipinski definition) is 8. The number of anilines is 1. The summed E-state index contributed by atoms with van der Waals surface area (Å²) in [6.45, 7) is 1.34. The van der Waals surface area contributed by atoms with E-state index in [4.69, 9.17) is 14.2 Å². The summed E-state index contributed by atoms with van der Waals surface area (Å²) in [5.41, 5.74) is 0.876. The maximum atomic E-state index is 12.1. The summed E-state index contributed by atoms with van der Waals surface area (Å²) in [4.78, 5) is 19.9. The van der Waals surface area contributed by atoms with Crippen molar-refractivity contribution in [3.63, 3.8) is 0 Å². The molecule has 6 nitrogen and oxygen atoms in total. The molecular weight excluding hydrogens is 396 g/mol. The summed E-state index contributed by atoms with van der Waals surface area (Å²) >= 11 is 3.08. The molecule has 2 aromatic carbocycles. The minimum atomic E-state index is -0.198. The molecule has 3 aromatic rings. The molecule has 1 aliphatic heterocycles. The van der Waals surface area contributed by atoms with Gasteiger partial charge in [-0.2, -0.15) is 0 Å². The molecule has 1 fully saturated rings. The lowest BCUT2D eigenvalue weighted by Crippen LogP contribution is -2.53. The monoisotopic (exact) mass is 416 g/mol. The standard InChI is InChI=1S/C20H20N2O4S2/c1-24-13-6-8-15(9-7-13)27-12-18(23)26-14-10-22(11-14)20-21-19-16(25-2)4-3-5-17(19)28-20/h3-9,14H,10-12H2,1-2H3. The van der Waals surface area contributed by atoms with Gasteiger partial charge in [0.25, 0.3) is 0 Å². The quantitative estimate of drug-likeness (QED) is 0.428. The van der Waals surface area contributed by atoms with Crippen LogP contribution in [0.25, 0.3) is 10.2 Å². The third-order valence-corrected chi connectivity index (χ3v) is 6.49. The van der Waals surface area contributed by atoms with E-state index in [0.717, 1.165) is 31.7 Å². The van der Waals surface area contributed by atoms with E-state index in [1.807, 2.05) is 42.5 Å². The number of ether oxygens (including phenoxy) is 3. The molecular formula is C20H20N2O4S2. The molecule has 0 radical (unpaired) electrons. The molecule has 0 saturated carbocycles. The van der Waals surface area contributed by atoms with Gasteiger partial charge in [0.05, 0.1) is 37.8 Å². The molecule has 0 amide bonds. The number of esters is 1. The zero-order chi connectivity index (χ0) is 19.5. The fourth-order valence-electron chi connectivity index (χ4n) is 2.91. The number of carbonyl (C=O) groups is 1. The van der Waals surface area contributed by atoms with Crippen LogP contribution in [0.15, 0.2) is 47.4 Å². The summed E-state index contributed by atoms with van der Waals surface area (Å²) < 4.78 is 17.1. The van der Waals surface area contributed by atoms with Crippen LogP contribution in [-0.2, 0) is 9.53 Å². The first-order valence-corrected chi connectivity index (χ1v) is 10.6. The Labute approximate surface area is 171 Å². The smallest absolute Gasteiger partial charge is 0.316 e. The number of rotatable bonds is 7. The Balaban J connectivity index is 1.26. The minimum Gasteiger partial charge on any atom is -0.497 e. The largest absolute Gasteiger partial charge is 0.497 e. The molecule has 4 rings (SSSR count). The van der Waals surface area contributed by atoms with Crippen LogP contribution in [-0.4, -0.2) is 50.1 Å². The molecule has 0 unspecified atom stereocenters. The van der Waals surface area contributed by atoms with Gasteiger partial charge in [0.15, 0.2) is 5.13 Å². The summed E-state index contributed by atoms with van der Waals surface area (Å²) in [5.74, 6) is 1.67. The predicted molar refractivity (Wildman–Crippen MR) is 112 cm³/mol. The summed E-state index contributed by atoms with van der Waals surface area (Å²) in [6.07, 6.45) is -0.0853. The summed E-state index contributed by atoms with van der Waals surface area (Å²) in [5, 5.41) is 0.930. The molecule has 1 aliphatic rings. The lowest BCUT2D eigenvalue weighted by molar-refractivity contribution is -0.146. The number of thioether (sulfide) groups is 1. The van der Waals surface area contributed by atoms with Crippen LogP contribution in [0.2, 0.25) is 0 Å². The maximum Gasteiger partial charge on any atom is 0.316 e. The van der Waals surface area contributed by atoms with E-state index in [2.05, 4.69) is 9.88 Å². The summed E-state index contributed by atoms with van der Waals surface area (Å²) in [7, 11) is 3.28. The van der Waals surface area contributed by atoms with Crippen molar-refractivity contribution in [3.8, 4) is 11.5 Å². The van der Waals surface area contributed by atoms with E-state index >= 15 is 0 Å². The van der Waals surface area contributed by atoms with Crippen LogP contribution >= 0.6 is 23.1 Å². The van der Waals surface area contributed by atoms with Gasteiger partial charge in [-0.3, -0.25) is 4.79 Å². The van der Waals surface area contributed by atoms with Crippen LogP contribution in [0.5, 0.6) is 11.5 Å². The first-order valence-electron chi connectivity index (χ1n) is 8.81. The topological polar surface area (TPSA) is 60.9 Å². The Bertz CT molecular complexity index is 968. The van der Waals surface area contributed by atoms with Crippen molar-refractivity contribution in [1.29, 1.82) is 0 Å². The number of nitrogens with zero attached hydrogens (tertiary/aromatic N) is 2. The average Bonchev–Trinajstić information content (AvgIpc) is 3.12. The van der Waals surface area contributed by atoms with Gasteiger partial charge in [0.2, 0.25) is 0 Å². The van der Waals surface area contributed by atoms with E-state index in [0.29, 0.717) is 18.8 Å². The molecule has 2 heterocycles. The normalized spacial score (nSPS) is 14.0. The van der Waals surface area contributed by atoms with Crippen LogP contribution < -0.4 is 14.4 Å². The van der Waals surface area contributed by atoms with Crippen molar-refractivity contribution in [2.24, 2.45) is 0 Å². The number of aromatic nitrogens is 1. The first kappa shape index (κ1) is 18.9. The van der Waals surface area contributed by atoms with Crippen molar-refractivity contribution in [2.45, 2.75) is 11.0 Å². The molecule has 0 atom stereocenters. The van der Waals surface area contributed by atoms with E-state index in [1.165, 1.54) is 11.8 Å². The second-order valence-corrected chi connectivity index (χ2v) is 8.34. The van der Waals surface area contributed by atoms with E-state index in [9.17, 15) is 4.79 Å². The molecule has 28 heavy (non-hydrogen) atoms. The van der Waals surface area contributed by atoms with Gasteiger partial charge in [-0.15, -0.1) is 11.8 Å². The van der Waals surface area contributed by atoms with Crippen LogP contribution in [0, 0.1) is 0 Å². The van der Waals surface area contributed by atoms with Gasteiger partial charge < -0.3 is 19.1 Å². The predicted octanol–water partition coefficient (Wildman–Crippen LogP) is 3.84. The lowest BCUT2D eigenvalue weighted by Gasteiger charge is -2.38. The number of carbonyl (C=O) groups excluding carboxylic acids is 1. The van der Waals surface area contributed by atoms with Crippen molar-refractivity contribution >= 4 is 44.4 Å². The van der Waals surface area contributed by atoms with Crippen LogP contribution in [0.4, 0.5) is 5.13 Å². The molecule has 0 spiro atoms. The third kappa shape index (κ3) is 4.02. The lowest BCUT2D eigenvalue weighted by atomic mass is 10.2. The molecule has 0 bridgehead atoms. The Morgan fingerprint density at radius 1 is 1.18 bits per heavy atom. The second-order valence-electron chi connectivity index (χ2n) is 6.28. The maximum absolute atomic E-state index is 12.1. The zero-order valence-electron chi connectivity index (χ0n) is 15.6. The number of methoxy groups -OCH3 is 2. The number of para-hydroxylation sites is 1. The van der Waals surface area contributed by atoms with E-state index in [1.54, 1.807) is 25.6 Å². The van der Waals surface area contributed by atoms with Crippen molar-refractivity contribution in [3.05, 3.63) is 42.5 Å². The van der Waals surface area contributed by atoms with Gasteiger partial charge in [-0.05, 0) is 36.4 Å². The number of thiazole rings is 1. The van der Waals surface area contributed by atoms with Crippen molar-refractivity contribution < 1.29 is 19.0 Å². The second kappa shape index (κ2) is 8.28. The number of hydrogen-bond donors (Lipinski definition) is 0. The minimum absolute atomic E-state index is 0.0853. The number of benzene rings is 2. The SMILES string of the molecule is COc1ccc(SCC(=O)OC2CN(c3nc4c(OC)cccc4s3)C2)cc1. The van der Waals surface area contributed by atoms with Gasteiger partial charge in [0, 0.05) is 4.90 Å². The van der Waals surface area contributed by atoms with E-state index in [-0.39, 0.29) is 12.1 Å². The molecule has 0 N–H and O–H groups in total. The average molecular weight is 417 g/mol. The Morgan fingerprint density at radius 2 is 1.96 bits per heavy atom.